The third-order valence-corrected chi connectivity index (χ3v) is 4.84. The predicted molar refractivity (Wildman–Crippen MR) is 123 cm³/mol. The van der Waals surface area contributed by atoms with Crippen LogP contribution in [0.3, 0.4) is 0 Å². The lowest BCUT2D eigenvalue weighted by Gasteiger charge is -2.23. The Balaban J connectivity index is 1.85. The molecular weight excluding hydrogens is 392 g/mol. The topological polar surface area (TPSA) is 67.9 Å². The molecule has 3 aromatic rings. The summed E-state index contributed by atoms with van der Waals surface area (Å²) in [5.74, 6) is 0.454. The van der Waals surface area contributed by atoms with E-state index in [0.717, 1.165) is 16.5 Å². The van der Waals surface area contributed by atoms with Crippen molar-refractivity contribution in [1.82, 2.24) is 5.32 Å². The molecule has 0 radical (unpaired) electrons. The molecule has 162 valence electrons. The molecule has 0 atom stereocenters. The van der Waals surface area contributed by atoms with Gasteiger partial charge in [0, 0.05) is 23.5 Å². The molecule has 0 aromatic heterocycles. The van der Waals surface area contributed by atoms with Gasteiger partial charge in [0.15, 0.2) is 18.1 Å². The molecule has 0 aliphatic rings. The Labute approximate surface area is 182 Å². The van der Waals surface area contributed by atoms with Gasteiger partial charge in [-0.15, -0.1) is 0 Å². The number of amides is 2. The highest BCUT2D eigenvalue weighted by Crippen LogP contribution is 2.31. The molecule has 0 fully saturated rings. The van der Waals surface area contributed by atoms with Crippen molar-refractivity contribution in [1.29, 1.82) is 0 Å². The molecule has 0 bridgehead atoms. The molecule has 6 nitrogen and oxygen atoms in total. The van der Waals surface area contributed by atoms with Gasteiger partial charge < -0.3 is 19.7 Å². The summed E-state index contributed by atoms with van der Waals surface area (Å²) in [5.41, 5.74) is 1.33. The van der Waals surface area contributed by atoms with Gasteiger partial charge in [-0.25, -0.2) is 0 Å². The van der Waals surface area contributed by atoms with Crippen LogP contribution in [0.2, 0.25) is 0 Å². The summed E-state index contributed by atoms with van der Waals surface area (Å²) >= 11 is 0. The number of benzene rings is 3. The molecule has 1 N–H and O–H groups in total. The van der Waals surface area contributed by atoms with E-state index in [9.17, 15) is 9.59 Å². The van der Waals surface area contributed by atoms with E-state index in [1.165, 1.54) is 7.11 Å². The molecule has 3 rings (SSSR count). The van der Waals surface area contributed by atoms with Crippen molar-refractivity contribution in [2.45, 2.75) is 26.8 Å². The second kappa shape index (κ2) is 9.98. The smallest absolute Gasteiger partial charge is 0.258 e. The van der Waals surface area contributed by atoms with E-state index in [1.54, 1.807) is 23.1 Å². The molecule has 31 heavy (non-hydrogen) atoms. The number of hydrogen-bond donors (Lipinski definition) is 1. The zero-order chi connectivity index (χ0) is 22.4. The first-order valence-electron chi connectivity index (χ1n) is 10.3. The second-order valence-corrected chi connectivity index (χ2v) is 7.42. The standard InChI is InChI=1S/C25H28N2O4/c1-5-27(21-12-8-10-18-9-6-7-11-20(18)21)25(29)19-13-14-22(23(15-19)30-4)31-16-24(28)26-17(2)3/h6-15,17H,5,16H2,1-4H3,(H,26,28). The average Bonchev–Trinajstić information content (AvgIpc) is 2.77. The number of nitrogens with one attached hydrogen (secondary N) is 1. The van der Waals surface area contributed by atoms with Gasteiger partial charge >= 0.3 is 0 Å². The fraction of sp³-hybridized carbons (Fsp3) is 0.280. The SMILES string of the molecule is CCN(C(=O)c1ccc(OCC(=O)NC(C)C)c(OC)c1)c1cccc2ccccc12. The van der Waals surface area contributed by atoms with Crippen molar-refractivity contribution in [2.24, 2.45) is 0 Å². The van der Waals surface area contributed by atoms with Gasteiger partial charge in [0.25, 0.3) is 11.8 Å². The Morgan fingerprint density at radius 3 is 2.45 bits per heavy atom. The Morgan fingerprint density at radius 2 is 1.74 bits per heavy atom. The highest BCUT2D eigenvalue weighted by atomic mass is 16.5. The minimum atomic E-state index is -0.217. The normalized spacial score (nSPS) is 10.7. The summed E-state index contributed by atoms with van der Waals surface area (Å²) in [6.45, 7) is 6.10. The fourth-order valence-electron chi connectivity index (χ4n) is 3.45. The first-order valence-corrected chi connectivity index (χ1v) is 10.3. The third kappa shape index (κ3) is 5.15. The average molecular weight is 421 g/mol. The van der Waals surface area contributed by atoms with E-state index >= 15 is 0 Å². The summed E-state index contributed by atoms with van der Waals surface area (Å²) in [6, 6.07) is 18.9. The maximum absolute atomic E-state index is 13.4. The van der Waals surface area contributed by atoms with Crippen molar-refractivity contribution in [3.05, 3.63) is 66.2 Å². The summed E-state index contributed by atoms with van der Waals surface area (Å²) in [7, 11) is 1.51. The lowest BCUT2D eigenvalue weighted by atomic mass is 10.1. The summed E-state index contributed by atoms with van der Waals surface area (Å²) < 4.78 is 11.0. The van der Waals surface area contributed by atoms with Crippen LogP contribution < -0.4 is 19.7 Å². The largest absolute Gasteiger partial charge is 0.493 e. The highest BCUT2D eigenvalue weighted by Gasteiger charge is 2.20. The van der Waals surface area contributed by atoms with Gasteiger partial charge in [-0.05, 0) is 50.4 Å². The maximum atomic E-state index is 13.4. The van der Waals surface area contributed by atoms with Gasteiger partial charge in [0.1, 0.15) is 0 Å². The Morgan fingerprint density at radius 1 is 1.00 bits per heavy atom. The lowest BCUT2D eigenvalue weighted by molar-refractivity contribution is -0.123. The summed E-state index contributed by atoms with van der Waals surface area (Å²) in [5, 5.41) is 4.86. The first-order chi connectivity index (χ1) is 14.9. The number of hydrogen-bond acceptors (Lipinski definition) is 4. The van der Waals surface area contributed by atoms with Crippen LogP contribution in [0, 0.1) is 0 Å². The molecule has 0 aliphatic carbocycles. The Hall–Kier alpha value is -3.54. The monoisotopic (exact) mass is 420 g/mol. The zero-order valence-electron chi connectivity index (χ0n) is 18.3. The minimum Gasteiger partial charge on any atom is -0.493 e. The van der Waals surface area contributed by atoms with E-state index < -0.39 is 0 Å². The van der Waals surface area contributed by atoms with Crippen molar-refractivity contribution < 1.29 is 19.1 Å². The van der Waals surface area contributed by atoms with E-state index in [-0.39, 0.29) is 24.5 Å². The summed E-state index contributed by atoms with van der Waals surface area (Å²) in [6.07, 6.45) is 0. The molecule has 0 aliphatic heterocycles. The van der Waals surface area contributed by atoms with Gasteiger partial charge in [-0.2, -0.15) is 0 Å². The van der Waals surface area contributed by atoms with Crippen molar-refractivity contribution in [2.75, 3.05) is 25.2 Å². The molecule has 0 saturated carbocycles. The molecule has 2 amide bonds. The van der Waals surface area contributed by atoms with E-state index in [2.05, 4.69) is 5.32 Å². The van der Waals surface area contributed by atoms with Crippen LogP contribution in [0.1, 0.15) is 31.1 Å². The van der Waals surface area contributed by atoms with E-state index in [4.69, 9.17) is 9.47 Å². The van der Waals surface area contributed by atoms with Crippen LogP contribution in [-0.4, -0.2) is 38.1 Å². The maximum Gasteiger partial charge on any atom is 0.258 e. The predicted octanol–water partition coefficient (Wildman–Crippen LogP) is 4.42. The van der Waals surface area contributed by atoms with Gasteiger partial charge in [0.05, 0.1) is 12.8 Å². The van der Waals surface area contributed by atoms with Crippen molar-refractivity contribution in [3.8, 4) is 11.5 Å². The number of anilines is 1. The molecule has 3 aromatic carbocycles. The lowest BCUT2D eigenvalue weighted by Crippen LogP contribution is -2.34. The Bertz CT molecular complexity index is 1070. The second-order valence-electron chi connectivity index (χ2n) is 7.42. The number of fused-ring (bicyclic) bond motifs is 1. The van der Waals surface area contributed by atoms with Gasteiger partial charge in [-0.1, -0.05) is 36.4 Å². The van der Waals surface area contributed by atoms with Crippen molar-refractivity contribution >= 4 is 28.3 Å². The van der Waals surface area contributed by atoms with E-state index in [0.29, 0.717) is 23.6 Å². The summed E-state index contributed by atoms with van der Waals surface area (Å²) in [4.78, 5) is 27.0. The van der Waals surface area contributed by atoms with Crippen LogP contribution in [-0.2, 0) is 4.79 Å². The van der Waals surface area contributed by atoms with Gasteiger partial charge in [0.2, 0.25) is 0 Å². The number of rotatable bonds is 8. The quantitative estimate of drug-likeness (QED) is 0.586. The fourth-order valence-corrected chi connectivity index (χ4v) is 3.45. The molecule has 0 saturated heterocycles. The Kier molecular flexibility index (Phi) is 7.13. The minimum absolute atomic E-state index is 0.0343. The van der Waals surface area contributed by atoms with Crippen LogP contribution >= 0.6 is 0 Å². The number of carbonyl (C=O) groups is 2. The molecular formula is C25H28N2O4. The first kappa shape index (κ1) is 22.2. The van der Waals surface area contributed by atoms with Crippen LogP contribution in [0.5, 0.6) is 11.5 Å². The van der Waals surface area contributed by atoms with E-state index in [1.807, 2.05) is 63.2 Å². The van der Waals surface area contributed by atoms with Crippen LogP contribution in [0.15, 0.2) is 60.7 Å². The highest BCUT2D eigenvalue weighted by molar-refractivity contribution is 6.11. The third-order valence-electron chi connectivity index (χ3n) is 4.84. The number of ether oxygens (including phenoxy) is 2. The van der Waals surface area contributed by atoms with Crippen molar-refractivity contribution in [3.63, 3.8) is 0 Å². The molecule has 6 heteroatoms. The van der Waals surface area contributed by atoms with Crippen LogP contribution in [0.4, 0.5) is 5.69 Å². The number of methoxy groups -OCH3 is 1. The van der Waals surface area contributed by atoms with Crippen LogP contribution in [0.25, 0.3) is 10.8 Å². The van der Waals surface area contributed by atoms with Gasteiger partial charge in [-0.3, -0.25) is 9.59 Å². The molecule has 0 heterocycles. The molecule has 0 unspecified atom stereocenters. The zero-order valence-corrected chi connectivity index (χ0v) is 18.3. The number of carbonyl (C=O) groups excluding carboxylic acids is 2. The number of nitrogens with zero attached hydrogens (tertiary/aromatic N) is 1. The molecule has 0 spiro atoms.